The van der Waals surface area contributed by atoms with Crippen LogP contribution in [0.15, 0.2) is 30.5 Å². The Bertz CT molecular complexity index is 540. The first kappa shape index (κ1) is 12.3. The number of halogens is 3. The zero-order valence-corrected chi connectivity index (χ0v) is 10.7. The first-order chi connectivity index (χ1) is 8.08. The highest BCUT2D eigenvalue weighted by Gasteiger charge is 2.11. The molecule has 0 saturated heterocycles. The van der Waals surface area contributed by atoms with E-state index in [-0.39, 0.29) is 10.9 Å². The topological polar surface area (TPSA) is 48.1 Å². The molecule has 2 aromatic rings. The van der Waals surface area contributed by atoms with Crippen molar-refractivity contribution < 1.29 is 4.74 Å². The van der Waals surface area contributed by atoms with Crippen LogP contribution < -0.4 is 10.5 Å². The number of ether oxygens (including phenoxy) is 1. The van der Waals surface area contributed by atoms with Gasteiger partial charge in [0.1, 0.15) is 5.02 Å². The second kappa shape index (κ2) is 5.00. The fourth-order valence-electron chi connectivity index (χ4n) is 1.21. The molecule has 0 saturated carbocycles. The maximum Gasteiger partial charge on any atom is 0.238 e. The summed E-state index contributed by atoms with van der Waals surface area (Å²) in [5, 5.41) is 1.10. The van der Waals surface area contributed by atoms with Crippen LogP contribution in [0.2, 0.25) is 15.1 Å². The summed E-state index contributed by atoms with van der Waals surface area (Å²) in [4.78, 5) is 3.96. The minimum Gasteiger partial charge on any atom is -0.434 e. The zero-order valence-electron chi connectivity index (χ0n) is 8.45. The fraction of sp³-hybridized carbons (Fsp3) is 0. The molecule has 0 fully saturated rings. The Kier molecular flexibility index (Phi) is 3.62. The smallest absolute Gasteiger partial charge is 0.238 e. The van der Waals surface area contributed by atoms with Crippen molar-refractivity contribution in [2.24, 2.45) is 0 Å². The van der Waals surface area contributed by atoms with Gasteiger partial charge < -0.3 is 10.5 Å². The lowest BCUT2D eigenvalue weighted by atomic mass is 10.3. The first-order valence-electron chi connectivity index (χ1n) is 4.61. The van der Waals surface area contributed by atoms with Gasteiger partial charge in [-0.05, 0) is 18.2 Å². The average Bonchev–Trinajstić information content (AvgIpc) is 2.26. The Hall–Kier alpha value is -1.16. The summed E-state index contributed by atoms with van der Waals surface area (Å²) in [5.74, 6) is 0.529. The number of hydrogen-bond acceptors (Lipinski definition) is 3. The minimum atomic E-state index is 0.205. The average molecular weight is 290 g/mol. The predicted octanol–water partition coefficient (Wildman–Crippen LogP) is 4.42. The fourth-order valence-corrected chi connectivity index (χ4v) is 1.85. The second-order valence-electron chi connectivity index (χ2n) is 3.20. The predicted molar refractivity (Wildman–Crippen MR) is 70.2 cm³/mol. The summed E-state index contributed by atoms with van der Waals surface area (Å²) in [6.45, 7) is 0. The molecular formula is C11H7Cl3N2O. The number of pyridine rings is 1. The Morgan fingerprint density at radius 1 is 1.12 bits per heavy atom. The van der Waals surface area contributed by atoms with Gasteiger partial charge in [0.2, 0.25) is 5.88 Å². The Balaban J connectivity index is 2.38. The second-order valence-corrected chi connectivity index (χ2v) is 4.45. The van der Waals surface area contributed by atoms with Gasteiger partial charge in [0.05, 0.1) is 15.7 Å². The van der Waals surface area contributed by atoms with E-state index in [1.54, 1.807) is 18.2 Å². The van der Waals surface area contributed by atoms with Crippen LogP contribution >= 0.6 is 34.8 Å². The number of benzene rings is 1. The molecule has 1 aromatic carbocycles. The van der Waals surface area contributed by atoms with E-state index in [0.717, 1.165) is 0 Å². The van der Waals surface area contributed by atoms with Crippen LogP contribution in [0.25, 0.3) is 0 Å². The molecule has 0 amide bonds. The monoisotopic (exact) mass is 288 g/mol. The van der Waals surface area contributed by atoms with Crippen molar-refractivity contribution in [1.82, 2.24) is 4.98 Å². The van der Waals surface area contributed by atoms with Crippen molar-refractivity contribution in [3.63, 3.8) is 0 Å². The van der Waals surface area contributed by atoms with E-state index in [9.17, 15) is 0 Å². The van der Waals surface area contributed by atoms with Gasteiger partial charge in [0.25, 0.3) is 0 Å². The van der Waals surface area contributed by atoms with Crippen LogP contribution in [0.5, 0.6) is 11.6 Å². The van der Waals surface area contributed by atoms with Crippen LogP contribution in [0, 0.1) is 0 Å². The van der Waals surface area contributed by atoms with Crippen molar-refractivity contribution in [3.8, 4) is 11.6 Å². The van der Waals surface area contributed by atoms with Crippen molar-refractivity contribution in [3.05, 3.63) is 45.5 Å². The molecule has 0 spiro atoms. The number of nitrogens with two attached hydrogens (primary N) is 1. The van der Waals surface area contributed by atoms with Crippen LogP contribution in [0.3, 0.4) is 0 Å². The van der Waals surface area contributed by atoms with Gasteiger partial charge in [-0.3, -0.25) is 0 Å². The summed E-state index contributed by atoms with van der Waals surface area (Å²) in [5.41, 5.74) is 6.15. The third kappa shape index (κ3) is 2.75. The van der Waals surface area contributed by atoms with Gasteiger partial charge in [0, 0.05) is 6.20 Å². The van der Waals surface area contributed by atoms with Gasteiger partial charge in [0.15, 0.2) is 5.75 Å². The number of anilines is 1. The largest absolute Gasteiger partial charge is 0.434 e. The molecule has 0 atom stereocenters. The quantitative estimate of drug-likeness (QED) is 0.833. The van der Waals surface area contributed by atoms with Gasteiger partial charge in [-0.1, -0.05) is 40.9 Å². The SMILES string of the molecule is Nc1cccc(Cl)c1Oc1ncc(Cl)cc1Cl. The van der Waals surface area contributed by atoms with E-state index >= 15 is 0 Å². The normalized spacial score (nSPS) is 10.3. The standard InChI is InChI=1S/C11H7Cl3N2O/c12-6-4-8(14)11(16-5-6)17-10-7(13)2-1-3-9(10)15/h1-5H,15H2. The van der Waals surface area contributed by atoms with Crippen molar-refractivity contribution in [2.45, 2.75) is 0 Å². The molecule has 6 heteroatoms. The van der Waals surface area contributed by atoms with E-state index < -0.39 is 0 Å². The molecule has 1 heterocycles. The summed E-state index contributed by atoms with van der Waals surface area (Å²) < 4.78 is 5.47. The van der Waals surface area contributed by atoms with Crippen LogP contribution in [0.4, 0.5) is 5.69 Å². The van der Waals surface area contributed by atoms with Crippen molar-refractivity contribution in [1.29, 1.82) is 0 Å². The molecule has 0 aliphatic heterocycles. The number of rotatable bonds is 2. The van der Waals surface area contributed by atoms with Crippen LogP contribution in [-0.2, 0) is 0 Å². The van der Waals surface area contributed by atoms with E-state index in [0.29, 0.717) is 21.5 Å². The molecule has 17 heavy (non-hydrogen) atoms. The first-order valence-corrected chi connectivity index (χ1v) is 5.74. The lowest BCUT2D eigenvalue weighted by Gasteiger charge is -2.10. The van der Waals surface area contributed by atoms with Crippen molar-refractivity contribution in [2.75, 3.05) is 5.73 Å². The molecule has 0 aliphatic carbocycles. The highest BCUT2D eigenvalue weighted by molar-refractivity contribution is 6.35. The molecule has 0 bridgehead atoms. The lowest BCUT2D eigenvalue weighted by Crippen LogP contribution is -1.94. The number of para-hydroxylation sites is 1. The Morgan fingerprint density at radius 2 is 1.88 bits per heavy atom. The third-order valence-electron chi connectivity index (χ3n) is 1.97. The zero-order chi connectivity index (χ0) is 12.4. The molecule has 0 unspecified atom stereocenters. The van der Waals surface area contributed by atoms with Crippen LogP contribution in [-0.4, -0.2) is 4.98 Å². The number of aromatic nitrogens is 1. The van der Waals surface area contributed by atoms with E-state index in [1.165, 1.54) is 12.3 Å². The maximum absolute atomic E-state index is 5.96. The van der Waals surface area contributed by atoms with E-state index in [2.05, 4.69) is 4.98 Å². The summed E-state index contributed by atoms with van der Waals surface area (Å²) in [7, 11) is 0. The van der Waals surface area contributed by atoms with Gasteiger partial charge in [-0.2, -0.15) is 0 Å². The number of hydrogen-bond donors (Lipinski definition) is 1. The van der Waals surface area contributed by atoms with E-state index in [4.69, 9.17) is 45.3 Å². The summed E-state index contributed by atoms with van der Waals surface area (Å²) >= 11 is 17.6. The highest BCUT2D eigenvalue weighted by Crippen LogP contribution is 2.36. The van der Waals surface area contributed by atoms with Gasteiger partial charge >= 0.3 is 0 Å². The molecule has 0 aliphatic rings. The number of nitrogens with zero attached hydrogens (tertiary/aromatic N) is 1. The molecule has 1 aromatic heterocycles. The maximum atomic E-state index is 5.96. The molecule has 0 radical (unpaired) electrons. The van der Waals surface area contributed by atoms with Crippen LogP contribution in [0.1, 0.15) is 0 Å². The minimum absolute atomic E-state index is 0.205. The Labute approximate surface area is 113 Å². The third-order valence-corrected chi connectivity index (χ3v) is 2.75. The lowest BCUT2D eigenvalue weighted by molar-refractivity contribution is 0.466. The van der Waals surface area contributed by atoms with Crippen molar-refractivity contribution >= 4 is 40.5 Å². The molecule has 3 nitrogen and oxygen atoms in total. The molecular weight excluding hydrogens is 282 g/mol. The number of nitrogen functional groups attached to an aromatic ring is 1. The Morgan fingerprint density at radius 3 is 2.53 bits per heavy atom. The molecule has 2 rings (SSSR count). The molecule has 2 N–H and O–H groups in total. The summed E-state index contributed by atoms with van der Waals surface area (Å²) in [6, 6.07) is 6.59. The van der Waals surface area contributed by atoms with Gasteiger partial charge in [-0.15, -0.1) is 0 Å². The molecule has 88 valence electrons. The highest BCUT2D eigenvalue weighted by atomic mass is 35.5. The summed E-state index contributed by atoms with van der Waals surface area (Å²) in [6.07, 6.45) is 1.43. The van der Waals surface area contributed by atoms with Gasteiger partial charge in [-0.25, -0.2) is 4.98 Å². The van der Waals surface area contributed by atoms with E-state index in [1.807, 2.05) is 0 Å².